The predicted molar refractivity (Wildman–Crippen MR) is 67.5 cm³/mol. The number of nitro groups is 1. The van der Waals surface area contributed by atoms with Gasteiger partial charge in [0, 0.05) is 6.07 Å². The van der Waals surface area contributed by atoms with Crippen molar-refractivity contribution in [2.75, 3.05) is 6.61 Å². The maximum atomic E-state index is 10.9. The number of aliphatic hydroxyl groups is 4. The number of para-hydroxylation sites is 2. The lowest BCUT2D eigenvalue weighted by molar-refractivity contribution is -0.386. The number of benzene rings is 1. The lowest BCUT2D eigenvalue weighted by atomic mass is 9.99. The summed E-state index contributed by atoms with van der Waals surface area (Å²) in [5.74, 6) is -0.177. The average molecular weight is 301 g/mol. The molecule has 9 heteroatoms. The number of nitrogens with zero attached hydrogens (tertiary/aromatic N) is 1. The fraction of sp³-hybridized carbons (Fsp3) is 0.500. The molecule has 0 unspecified atom stereocenters. The molecule has 0 bridgehead atoms. The van der Waals surface area contributed by atoms with Crippen molar-refractivity contribution < 1.29 is 34.8 Å². The highest BCUT2D eigenvalue weighted by Crippen LogP contribution is 2.30. The molecule has 1 aliphatic rings. The first-order chi connectivity index (χ1) is 9.95. The molecule has 4 N–H and O–H groups in total. The third-order valence-electron chi connectivity index (χ3n) is 3.17. The Morgan fingerprint density at radius 1 is 1.24 bits per heavy atom. The molecule has 1 saturated heterocycles. The van der Waals surface area contributed by atoms with Gasteiger partial charge in [0.25, 0.3) is 0 Å². The van der Waals surface area contributed by atoms with Gasteiger partial charge >= 0.3 is 5.69 Å². The summed E-state index contributed by atoms with van der Waals surface area (Å²) in [7, 11) is 0. The van der Waals surface area contributed by atoms with Crippen molar-refractivity contribution in [2.45, 2.75) is 30.7 Å². The monoisotopic (exact) mass is 301 g/mol. The molecule has 21 heavy (non-hydrogen) atoms. The fourth-order valence-electron chi connectivity index (χ4n) is 2.05. The zero-order valence-electron chi connectivity index (χ0n) is 10.8. The van der Waals surface area contributed by atoms with Crippen LogP contribution in [0.4, 0.5) is 5.69 Å². The Balaban J connectivity index is 2.21. The van der Waals surface area contributed by atoms with Crippen LogP contribution in [0.1, 0.15) is 0 Å². The van der Waals surface area contributed by atoms with Crippen molar-refractivity contribution in [3.63, 3.8) is 0 Å². The van der Waals surface area contributed by atoms with E-state index in [4.69, 9.17) is 14.6 Å². The molecule has 9 nitrogen and oxygen atoms in total. The van der Waals surface area contributed by atoms with Crippen LogP contribution in [0.15, 0.2) is 24.3 Å². The van der Waals surface area contributed by atoms with Gasteiger partial charge in [-0.1, -0.05) is 12.1 Å². The SMILES string of the molecule is O=[N+]([O-])c1ccccc1O[C@H]1[C@@H](O)[C@H](O)[C@@H](CO)O[C@@H]1O. The summed E-state index contributed by atoms with van der Waals surface area (Å²) in [4.78, 5) is 10.2. The Bertz CT molecular complexity index is 510. The molecule has 0 amide bonds. The van der Waals surface area contributed by atoms with E-state index in [0.29, 0.717) is 0 Å². The van der Waals surface area contributed by atoms with E-state index in [9.17, 15) is 25.4 Å². The lowest BCUT2D eigenvalue weighted by Gasteiger charge is -2.39. The van der Waals surface area contributed by atoms with Crippen LogP contribution in [0, 0.1) is 10.1 Å². The second-order valence-corrected chi connectivity index (χ2v) is 4.54. The van der Waals surface area contributed by atoms with Crippen molar-refractivity contribution >= 4 is 5.69 Å². The first kappa shape index (κ1) is 15.6. The first-order valence-corrected chi connectivity index (χ1v) is 6.16. The molecule has 1 fully saturated rings. The summed E-state index contributed by atoms with van der Waals surface area (Å²) in [6.45, 7) is -0.604. The smallest absolute Gasteiger partial charge is 0.310 e. The summed E-state index contributed by atoms with van der Waals surface area (Å²) >= 11 is 0. The number of hydrogen-bond donors (Lipinski definition) is 4. The van der Waals surface area contributed by atoms with Gasteiger partial charge in [-0.05, 0) is 6.07 Å². The van der Waals surface area contributed by atoms with Crippen LogP contribution in [-0.4, -0.2) is 62.7 Å². The summed E-state index contributed by atoms with van der Waals surface area (Å²) in [5, 5.41) is 49.2. The highest BCUT2D eigenvalue weighted by atomic mass is 16.7. The molecule has 116 valence electrons. The van der Waals surface area contributed by atoms with Crippen LogP contribution in [-0.2, 0) is 4.74 Å². The number of ether oxygens (including phenoxy) is 2. The second-order valence-electron chi connectivity index (χ2n) is 4.54. The van der Waals surface area contributed by atoms with Gasteiger partial charge in [0.15, 0.2) is 18.1 Å². The Kier molecular flexibility index (Phi) is 4.70. The van der Waals surface area contributed by atoms with Crippen LogP contribution in [0.2, 0.25) is 0 Å². The zero-order chi connectivity index (χ0) is 15.6. The maximum Gasteiger partial charge on any atom is 0.310 e. The fourth-order valence-corrected chi connectivity index (χ4v) is 2.05. The Hall–Kier alpha value is -1.78. The molecule has 0 spiro atoms. The average Bonchev–Trinajstić information content (AvgIpc) is 2.47. The third-order valence-corrected chi connectivity index (χ3v) is 3.17. The van der Waals surface area contributed by atoms with E-state index in [1.165, 1.54) is 24.3 Å². The molecule has 1 aliphatic heterocycles. The van der Waals surface area contributed by atoms with Crippen molar-refractivity contribution in [3.8, 4) is 5.75 Å². The highest BCUT2D eigenvalue weighted by Gasteiger charge is 2.45. The molecule has 1 aromatic carbocycles. The van der Waals surface area contributed by atoms with E-state index in [1.807, 2.05) is 0 Å². The highest BCUT2D eigenvalue weighted by molar-refractivity contribution is 5.45. The van der Waals surface area contributed by atoms with Gasteiger partial charge in [-0.3, -0.25) is 10.1 Å². The standard InChI is InChI=1S/C12H15NO8/c14-5-8-9(15)10(16)11(12(17)21-8)20-7-4-2-1-3-6(7)13(18)19/h1-4,8-12,14-17H,5H2/t8-,9-,10+,11+,12+/m1/s1. The van der Waals surface area contributed by atoms with Gasteiger partial charge in [0.2, 0.25) is 0 Å². The van der Waals surface area contributed by atoms with Crippen molar-refractivity contribution in [2.24, 2.45) is 0 Å². The van der Waals surface area contributed by atoms with E-state index in [-0.39, 0.29) is 11.4 Å². The topological polar surface area (TPSA) is 143 Å². The molecule has 0 aromatic heterocycles. The van der Waals surface area contributed by atoms with Crippen molar-refractivity contribution in [1.82, 2.24) is 0 Å². The maximum absolute atomic E-state index is 10.9. The predicted octanol–water partition coefficient (Wildman–Crippen LogP) is -1.23. The molecule has 5 atom stereocenters. The lowest BCUT2D eigenvalue weighted by Crippen LogP contribution is -2.60. The van der Waals surface area contributed by atoms with Crippen LogP contribution in [0.25, 0.3) is 0 Å². The zero-order valence-corrected chi connectivity index (χ0v) is 10.8. The van der Waals surface area contributed by atoms with Crippen LogP contribution >= 0.6 is 0 Å². The Morgan fingerprint density at radius 2 is 1.90 bits per heavy atom. The second kappa shape index (κ2) is 6.33. The number of hydrogen-bond acceptors (Lipinski definition) is 8. The Morgan fingerprint density at radius 3 is 2.52 bits per heavy atom. The van der Waals surface area contributed by atoms with Gasteiger partial charge < -0.3 is 29.9 Å². The van der Waals surface area contributed by atoms with Crippen molar-refractivity contribution in [1.29, 1.82) is 0 Å². The minimum absolute atomic E-state index is 0.177. The van der Waals surface area contributed by atoms with E-state index < -0.39 is 42.2 Å². The molecule has 1 aromatic rings. The summed E-state index contributed by atoms with van der Waals surface area (Å²) in [6.07, 6.45) is -7.32. The number of aliphatic hydroxyl groups excluding tert-OH is 4. The first-order valence-electron chi connectivity index (χ1n) is 6.16. The van der Waals surface area contributed by atoms with Gasteiger partial charge in [-0.15, -0.1) is 0 Å². The van der Waals surface area contributed by atoms with E-state index in [0.717, 1.165) is 0 Å². The summed E-state index contributed by atoms with van der Waals surface area (Å²) in [6, 6.07) is 5.41. The number of nitro benzene ring substituents is 1. The molecule has 0 saturated carbocycles. The summed E-state index contributed by atoms with van der Waals surface area (Å²) < 4.78 is 10.1. The normalized spacial score (nSPS) is 32.7. The summed E-state index contributed by atoms with van der Waals surface area (Å²) in [5.41, 5.74) is -0.351. The van der Waals surface area contributed by atoms with Gasteiger partial charge in [0.05, 0.1) is 11.5 Å². The van der Waals surface area contributed by atoms with Gasteiger partial charge in [0.1, 0.15) is 18.3 Å². The largest absolute Gasteiger partial charge is 0.475 e. The van der Waals surface area contributed by atoms with E-state index in [2.05, 4.69) is 0 Å². The molecular formula is C12H15NO8. The van der Waals surface area contributed by atoms with Crippen molar-refractivity contribution in [3.05, 3.63) is 34.4 Å². The van der Waals surface area contributed by atoms with Crippen LogP contribution in [0.5, 0.6) is 5.75 Å². The van der Waals surface area contributed by atoms with Gasteiger partial charge in [-0.2, -0.15) is 0 Å². The van der Waals surface area contributed by atoms with E-state index >= 15 is 0 Å². The minimum atomic E-state index is -1.65. The Labute approximate surface area is 119 Å². The third kappa shape index (κ3) is 3.12. The van der Waals surface area contributed by atoms with E-state index in [1.54, 1.807) is 0 Å². The molecular weight excluding hydrogens is 286 g/mol. The van der Waals surface area contributed by atoms with Gasteiger partial charge in [-0.25, -0.2) is 0 Å². The number of rotatable bonds is 4. The molecule has 0 aliphatic carbocycles. The quantitative estimate of drug-likeness (QED) is 0.400. The minimum Gasteiger partial charge on any atom is -0.475 e. The van der Waals surface area contributed by atoms with Crippen LogP contribution < -0.4 is 4.74 Å². The molecule has 0 radical (unpaired) electrons. The molecule has 2 rings (SSSR count). The molecule has 1 heterocycles. The van der Waals surface area contributed by atoms with Crippen LogP contribution in [0.3, 0.4) is 0 Å².